The van der Waals surface area contributed by atoms with Gasteiger partial charge in [-0.25, -0.2) is 4.98 Å². The fourth-order valence-corrected chi connectivity index (χ4v) is 4.45. The van der Waals surface area contributed by atoms with Crippen LogP contribution < -0.4 is 20.9 Å². The van der Waals surface area contributed by atoms with Gasteiger partial charge < -0.3 is 20.9 Å². The first kappa shape index (κ1) is 17.5. The van der Waals surface area contributed by atoms with Gasteiger partial charge in [0.1, 0.15) is 5.82 Å². The summed E-state index contributed by atoms with van der Waals surface area (Å²) in [7, 11) is 3.99. The van der Waals surface area contributed by atoms with Crippen LogP contribution in [0.25, 0.3) is 0 Å². The Morgan fingerprint density at radius 2 is 2.00 bits per heavy atom. The van der Waals surface area contributed by atoms with Crippen LogP contribution in [0.15, 0.2) is 0 Å². The molecule has 0 aromatic carbocycles. The summed E-state index contributed by atoms with van der Waals surface area (Å²) in [6, 6.07) is 0.176. The topological polar surface area (TPSA) is 87.4 Å². The normalized spacial score (nSPS) is 25.1. The van der Waals surface area contributed by atoms with E-state index in [1.807, 2.05) is 19.0 Å². The quantitative estimate of drug-likeness (QED) is 0.806. The van der Waals surface area contributed by atoms with Crippen LogP contribution in [-0.2, 0) is 17.6 Å². The molecule has 4 rings (SSSR count). The maximum Gasteiger partial charge on any atom is 0.234 e. The molecule has 0 bridgehead atoms. The van der Waals surface area contributed by atoms with Gasteiger partial charge in [0.05, 0.1) is 18.3 Å². The molecule has 0 unspecified atom stereocenters. The molecule has 2 atom stereocenters. The number of amides is 1. The molecule has 1 aromatic heterocycles. The van der Waals surface area contributed by atoms with Gasteiger partial charge in [0, 0.05) is 38.7 Å². The van der Waals surface area contributed by atoms with Crippen molar-refractivity contribution in [2.24, 2.45) is 17.6 Å². The standard InChI is InChI=1S/C19H30N6O/c1-24(2)19-22-15-6-4-3-5-13(15)18(23-19)25-10-14(12-7-8-12)16(11-25)21-17(26)9-20/h12,14,16H,3-11,20H2,1-2H3,(H,21,26)/t14-,16+/m1/s1. The molecule has 7 nitrogen and oxygen atoms in total. The number of nitrogens with one attached hydrogen (secondary N) is 1. The summed E-state index contributed by atoms with van der Waals surface area (Å²) in [5.41, 5.74) is 8.06. The molecule has 1 saturated heterocycles. The average molecular weight is 358 g/mol. The first-order valence-corrected chi connectivity index (χ1v) is 9.88. The zero-order chi connectivity index (χ0) is 18.3. The van der Waals surface area contributed by atoms with Gasteiger partial charge in [-0.1, -0.05) is 0 Å². The van der Waals surface area contributed by atoms with Gasteiger partial charge in [0.15, 0.2) is 0 Å². The van der Waals surface area contributed by atoms with Gasteiger partial charge in [0.25, 0.3) is 0 Å². The van der Waals surface area contributed by atoms with E-state index in [-0.39, 0.29) is 18.5 Å². The van der Waals surface area contributed by atoms with Gasteiger partial charge in [-0.3, -0.25) is 4.79 Å². The number of hydrogen-bond acceptors (Lipinski definition) is 6. The molecule has 0 spiro atoms. The second-order valence-corrected chi connectivity index (χ2v) is 8.16. The summed E-state index contributed by atoms with van der Waals surface area (Å²) in [5, 5.41) is 3.16. The minimum absolute atomic E-state index is 0.0544. The van der Waals surface area contributed by atoms with Crippen molar-refractivity contribution in [3.8, 4) is 0 Å². The minimum atomic E-state index is -0.0544. The molecule has 26 heavy (non-hydrogen) atoms. The number of nitrogens with two attached hydrogens (primary N) is 1. The minimum Gasteiger partial charge on any atom is -0.354 e. The highest BCUT2D eigenvalue weighted by molar-refractivity contribution is 5.78. The van der Waals surface area contributed by atoms with Crippen LogP contribution in [0.3, 0.4) is 0 Å². The lowest BCUT2D eigenvalue weighted by Crippen LogP contribution is -2.44. The van der Waals surface area contributed by atoms with Gasteiger partial charge in [0.2, 0.25) is 11.9 Å². The SMILES string of the molecule is CN(C)c1nc2c(c(N3C[C@H](NC(=O)CN)[C@@H](C4CC4)C3)n1)CCCC2. The number of hydrogen-bond donors (Lipinski definition) is 2. The van der Waals surface area contributed by atoms with Crippen molar-refractivity contribution in [2.75, 3.05) is 43.5 Å². The number of carbonyl (C=O) groups is 1. The van der Waals surface area contributed by atoms with Crippen molar-refractivity contribution in [1.29, 1.82) is 0 Å². The Morgan fingerprint density at radius 3 is 2.69 bits per heavy atom. The molecular formula is C19H30N6O. The van der Waals surface area contributed by atoms with Crippen molar-refractivity contribution in [1.82, 2.24) is 15.3 Å². The summed E-state index contributed by atoms with van der Waals surface area (Å²) < 4.78 is 0. The van der Waals surface area contributed by atoms with E-state index in [2.05, 4.69) is 10.2 Å². The highest BCUT2D eigenvalue weighted by Crippen LogP contribution is 2.43. The summed E-state index contributed by atoms with van der Waals surface area (Å²) in [6.07, 6.45) is 7.06. The second-order valence-electron chi connectivity index (χ2n) is 8.16. The van der Waals surface area contributed by atoms with Crippen LogP contribution in [0.5, 0.6) is 0 Å². The molecule has 1 aromatic rings. The third-order valence-electron chi connectivity index (χ3n) is 5.97. The number of fused-ring (bicyclic) bond motifs is 1. The molecule has 1 saturated carbocycles. The van der Waals surface area contributed by atoms with Crippen LogP contribution in [0.1, 0.15) is 36.9 Å². The van der Waals surface area contributed by atoms with E-state index in [1.165, 1.54) is 36.9 Å². The van der Waals surface area contributed by atoms with Crippen molar-refractivity contribution < 1.29 is 4.79 Å². The number of carbonyl (C=O) groups excluding carboxylic acids is 1. The molecule has 3 aliphatic rings. The van der Waals surface area contributed by atoms with E-state index in [9.17, 15) is 4.79 Å². The molecule has 7 heteroatoms. The van der Waals surface area contributed by atoms with E-state index < -0.39 is 0 Å². The van der Waals surface area contributed by atoms with E-state index in [4.69, 9.17) is 15.7 Å². The lowest BCUT2D eigenvalue weighted by atomic mass is 9.96. The average Bonchev–Trinajstić information content (AvgIpc) is 3.41. The van der Waals surface area contributed by atoms with E-state index in [0.29, 0.717) is 5.92 Å². The van der Waals surface area contributed by atoms with Crippen molar-refractivity contribution in [2.45, 2.75) is 44.6 Å². The molecule has 1 amide bonds. The Labute approximate surface area is 155 Å². The van der Waals surface area contributed by atoms with Crippen LogP contribution in [0.2, 0.25) is 0 Å². The lowest BCUT2D eigenvalue weighted by Gasteiger charge is -2.26. The molecule has 2 fully saturated rings. The van der Waals surface area contributed by atoms with Crippen LogP contribution >= 0.6 is 0 Å². The summed E-state index contributed by atoms with van der Waals surface area (Å²) >= 11 is 0. The Kier molecular flexibility index (Phi) is 4.73. The van der Waals surface area contributed by atoms with E-state index in [0.717, 1.165) is 43.6 Å². The smallest absolute Gasteiger partial charge is 0.234 e. The van der Waals surface area contributed by atoms with Gasteiger partial charge in [-0.2, -0.15) is 4.98 Å². The third-order valence-corrected chi connectivity index (χ3v) is 5.97. The number of anilines is 2. The van der Waals surface area contributed by atoms with E-state index >= 15 is 0 Å². The van der Waals surface area contributed by atoms with Gasteiger partial charge in [-0.05, 0) is 44.4 Å². The third kappa shape index (κ3) is 3.37. The zero-order valence-corrected chi connectivity index (χ0v) is 15.9. The Balaban J connectivity index is 1.64. The molecular weight excluding hydrogens is 328 g/mol. The second kappa shape index (κ2) is 7.02. The monoisotopic (exact) mass is 358 g/mol. The Hall–Kier alpha value is -1.89. The molecule has 142 valence electrons. The van der Waals surface area contributed by atoms with Crippen LogP contribution in [0, 0.1) is 11.8 Å². The lowest BCUT2D eigenvalue weighted by molar-refractivity contribution is -0.120. The van der Waals surface area contributed by atoms with Crippen molar-refractivity contribution in [3.05, 3.63) is 11.3 Å². The summed E-state index contributed by atoms with van der Waals surface area (Å²) in [6.45, 7) is 1.85. The van der Waals surface area contributed by atoms with E-state index in [1.54, 1.807) is 0 Å². The summed E-state index contributed by atoms with van der Waals surface area (Å²) in [4.78, 5) is 26.0. The Morgan fingerprint density at radius 1 is 1.23 bits per heavy atom. The largest absolute Gasteiger partial charge is 0.354 e. The maximum atomic E-state index is 11.9. The van der Waals surface area contributed by atoms with Crippen molar-refractivity contribution >= 4 is 17.7 Å². The number of rotatable bonds is 5. The van der Waals surface area contributed by atoms with Crippen molar-refractivity contribution in [3.63, 3.8) is 0 Å². The fraction of sp³-hybridized carbons (Fsp3) is 0.737. The predicted octanol–water partition coefficient (Wildman–Crippen LogP) is 0.711. The number of aromatic nitrogens is 2. The molecule has 3 N–H and O–H groups in total. The molecule has 1 aliphatic heterocycles. The van der Waals surface area contributed by atoms with Crippen LogP contribution in [0.4, 0.5) is 11.8 Å². The van der Waals surface area contributed by atoms with Crippen LogP contribution in [-0.4, -0.2) is 55.6 Å². The first-order chi connectivity index (χ1) is 12.6. The van der Waals surface area contributed by atoms with Gasteiger partial charge >= 0.3 is 0 Å². The number of aryl methyl sites for hydroxylation is 1. The Bertz CT molecular complexity index is 687. The first-order valence-electron chi connectivity index (χ1n) is 9.88. The van der Waals surface area contributed by atoms with Gasteiger partial charge in [-0.15, -0.1) is 0 Å². The number of nitrogens with zero attached hydrogens (tertiary/aromatic N) is 4. The highest BCUT2D eigenvalue weighted by atomic mass is 16.1. The zero-order valence-electron chi connectivity index (χ0n) is 15.9. The summed E-state index contributed by atoms with van der Waals surface area (Å²) in [5.74, 6) is 3.06. The predicted molar refractivity (Wildman–Crippen MR) is 102 cm³/mol. The molecule has 2 heterocycles. The molecule has 2 aliphatic carbocycles. The fourth-order valence-electron chi connectivity index (χ4n) is 4.45. The highest BCUT2D eigenvalue weighted by Gasteiger charge is 2.44. The maximum absolute atomic E-state index is 11.9. The molecule has 0 radical (unpaired) electrons.